The molecule has 1 aliphatic carbocycles. The Kier molecular flexibility index (Phi) is 4.19. The van der Waals surface area contributed by atoms with Crippen LogP contribution in [0.2, 0.25) is 0 Å². The predicted octanol–water partition coefficient (Wildman–Crippen LogP) is 1.56. The minimum Gasteiger partial charge on any atom is -0.490 e. The molecule has 116 valence electrons. The van der Waals surface area contributed by atoms with E-state index in [2.05, 4.69) is 5.43 Å². The highest BCUT2D eigenvalue weighted by molar-refractivity contribution is 7.91. The zero-order chi connectivity index (χ0) is 14.9. The summed E-state index contributed by atoms with van der Waals surface area (Å²) >= 11 is 0. The SMILES string of the molecule is NNC(CC1CCS(=O)(=O)C1)c1cccc(OC2CC2)c1. The molecule has 2 unspecified atom stereocenters. The van der Waals surface area contributed by atoms with E-state index in [0.717, 1.165) is 37.0 Å². The van der Waals surface area contributed by atoms with Crippen molar-refractivity contribution in [2.24, 2.45) is 11.8 Å². The lowest BCUT2D eigenvalue weighted by Crippen LogP contribution is -2.30. The van der Waals surface area contributed by atoms with Crippen LogP contribution >= 0.6 is 0 Å². The van der Waals surface area contributed by atoms with Crippen LogP contribution in [0.4, 0.5) is 0 Å². The van der Waals surface area contributed by atoms with Gasteiger partial charge in [0.2, 0.25) is 0 Å². The number of sulfone groups is 1. The Hall–Kier alpha value is -1.11. The number of hydrogen-bond donors (Lipinski definition) is 2. The first kappa shape index (κ1) is 14.8. The minimum absolute atomic E-state index is 0.0361. The quantitative estimate of drug-likeness (QED) is 0.615. The van der Waals surface area contributed by atoms with Crippen LogP contribution in [-0.2, 0) is 9.84 Å². The maximum Gasteiger partial charge on any atom is 0.150 e. The molecule has 2 aliphatic rings. The Morgan fingerprint density at radius 1 is 1.33 bits per heavy atom. The maximum atomic E-state index is 11.6. The van der Waals surface area contributed by atoms with Crippen molar-refractivity contribution in [2.45, 2.75) is 37.8 Å². The average molecular weight is 310 g/mol. The fourth-order valence-electron chi connectivity index (χ4n) is 2.87. The molecule has 3 rings (SSSR count). The highest BCUT2D eigenvalue weighted by Crippen LogP contribution is 2.31. The van der Waals surface area contributed by atoms with E-state index in [1.165, 1.54) is 0 Å². The van der Waals surface area contributed by atoms with Crippen LogP contribution < -0.4 is 16.0 Å². The molecule has 5 nitrogen and oxygen atoms in total. The molecule has 0 aromatic heterocycles. The first-order valence-corrected chi connectivity index (χ1v) is 9.31. The molecule has 0 spiro atoms. The molecule has 0 radical (unpaired) electrons. The topological polar surface area (TPSA) is 81.4 Å². The van der Waals surface area contributed by atoms with Crippen LogP contribution in [-0.4, -0.2) is 26.0 Å². The Morgan fingerprint density at radius 3 is 2.76 bits per heavy atom. The minimum atomic E-state index is -2.84. The molecule has 21 heavy (non-hydrogen) atoms. The van der Waals surface area contributed by atoms with E-state index >= 15 is 0 Å². The van der Waals surface area contributed by atoms with Gasteiger partial charge in [-0.1, -0.05) is 12.1 Å². The number of hydrazine groups is 1. The van der Waals surface area contributed by atoms with Crippen LogP contribution in [0.5, 0.6) is 5.75 Å². The highest BCUT2D eigenvalue weighted by Gasteiger charge is 2.30. The van der Waals surface area contributed by atoms with Crippen LogP contribution in [0.3, 0.4) is 0 Å². The van der Waals surface area contributed by atoms with Gasteiger partial charge in [-0.2, -0.15) is 0 Å². The van der Waals surface area contributed by atoms with Crippen LogP contribution in [0.1, 0.15) is 37.3 Å². The molecule has 1 aromatic rings. The maximum absolute atomic E-state index is 11.6. The summed E-state index contributed by atoms with van der Waals surface area (Å²) in [4.78, 5) is 0. The van der Waals surface area contributed by atoms with Gasteiger partial charge in [0, 0.05) is 6.04 Å². The van der Waals surface area contributed by atoms with E-state index in [9.17, 15) is 8.42 Å². The van der Waals surface area contributed by atoms with E-state index in [1.54, 1.807) is 0 Å². The van der Waals surface area contributed by atoms with Crippen molar-refractivity contribution >= 4 is 9.84 Å². The smallest absolute Gasteiger partial charge is 0.150 e. The van der Waals surface area contributed by atoms with Crippen molar-refractivity contribution in [1.29, 1.82) is 0 Å². The number of nitrogens with one attached hydrogen (secondary N) is 1. The monoisotopic (exact) mass is 310 g/mol. The number of rotatable bonds is 6. The number of benzene rings is 1. The van der Waals surface area contributed by atoms with Gasteiger partial charge in [-0.15, -0.1) is 0 Å². The van der Waals surface area contributed by atoms with E-state index in [-0.39, 0.29) is 17.7 Å². The zero-order valence-electron chi connectivity index (χ0n) is 12.0. The van der Waals surface area contributed by atoms with Gasteiger partial charge in [-0.05, 0) is 49.3 Å². The summed E-state index contributed by atoms with van der Waals surface area (Å²) in [5.41, 5.74) is 3.87. The van der Waals surface area contributed by atoms with Crippen LogP contribution in [0, 0.1) is 5.92 Å². The lowest BCUT2D eigenvalue weighted by molar-refractivity contribution is 0.302. The lowest BCUT2D eigenvalue weighted by atomic mass is 9.94. The van der Waals surface area contributed by atoms with Crippen LogP contribution in [0.25, 0.3) is 0 Å². The molecule has 1 aromatic carbocycles. The highest BCUT2D eigenvalue weighted by atomic mass is 32.2. The lowest BCUT2D eigenvalue weighted by Gasteiger charge is -2.20. The van der Waals surface area contributed by atoms with Gasteiger partial charge in [-0.3, -0.25) is 11.3 Å². The van der Waals surface area contributed by atoms with Gasteiger partial charge in [0.25, 0.3) is 0 Å². The van der Waals surface area contributed by atoms with Crippen molar-refractivity contribution in [1.82, 2.24) is 5.43 Å². The summed E-state index contributed by atoms with van der Waals surface area (Å²) in [6.45, 7) is 0. The Bertz CT molecular complexity index is 599. The van der Waals surface area contributed by atoms with Crippen molar-refractivity contribution in [3.05, 3.63) is 29.8 Å². The summed E-state index contributed by atoms with van der Waals surface area (Å²) in [5.74, 6) is 7.31. The van der Waals surface area contributed by atoms with Crippen LogP contribution in [0.15, 0.2) is 24.3 Å². The van der Waals surface area contributed by atoms with Crippen molar-refractivity contribution in [3.8, 4) is 5.75 Å². The Labute approximate surface area is 125 Å². The summed E-state index contributed by atoms with van der Waals surface area (Å²) in [5, 5.41) is 0. The largest absolute Gasteiger partial charge is 0.490 e. The number of nitrogens with two attached hydrogens (primary N) is 1. The number of ether oxygens (including phenoxy) is 1. The molecule has 0 bridgehead atoms. The zero-order valence-corrected chi connectivity index (χ0v) is 12.8. The normalized spacial score (nSPS) is 25.7. The second-order valence-electron chi connectivity index (χ2n) is 6.11. The van der Waals surface area contributed by atoms with Gasteiger partial charge < -0.3 is 4.74 Å². The van der Waals surface area contributed by atoms with Gasteiger partial charge >= 0.3 is 0 Å². The third-order valence-electron chi connectivity index (χ3n) is 4.18. The first-order chi connectivity index (χ1) is 10.1. The molecule has 1 saturated heterocycles. The van der Waals surface area contributed by atoms with E-state index in [1.807, 2.05) is 24.3 Å². The molecule has 6 heteroatoms. The third kappa shape index (κ3) is 3.96. The van der Waals surface area contributed by atoms with Gasteiger partial charge in [-0.25, -0.2) is 8.42 Å². The molecule has 2 atom stereocenters. The van der Waals surface area contributed by atoms with Crippen molar-refractivity contribution < 1.29 is 13.2 Å². The van der Waals surface area contributed by atoms with Gasteiger partial charge in [0.15, 0.2) is 9.84 Å². The molecule has 0 amide bonds. The molecule has 1 saturated carbocycles. The molecule has 1 aliphatic heterocycles. The average Bonchev–Trinajstić information content (AvgIpc) is 3.19. The van der Waals surface area contributed by atoms with Crippen molar-refractivity contribution in [3.63, 3.8) is 0 Å². The van der Waals surface area contributed by atoms with Gasteiger partial charge in [0.1, 0.15) is 5.75 Å². The second kappa shape index (κ2) is 5.94. The summed E-state index contributed by atoms with van der Waals surface area (Å²) in [7, 11) is -2.84. The molecular formula is C15H22N2O3S. The number of hydrogen-bond acceptors (Lipinski definition) is 5. The summed E-state index contributed by atoms with van der Waals surface area (Å²) in [6.07, 6.45) is 4.09. The Balaban J connectivity index is 1.67. The van der Waals surface area contributed by atoms with Gasteiger partial charge in [0.05, 0.1) is 17.6 Å². The standard InChI is InChI=1S/C15H22N2O3S/c16-17-15(8-11-6-7-21(18,19)10-11)12-2-1-3-14(9-12)20-13-4-5-13/h1-3,9,11,13,15,17H,4-8,10,16H2. The third-order valence-corrected chi connectivity index (χ3v) is 6.02. The molecular weight excluding hydrogens is 288 g/mol. The first-order valence-electron chi connectivity index (χ1n) is 7.49. The molecule has 3 N–H and O–H groups in total. The predicted molar refractivity (Wildman–Crippen MR) is 81.5 cm³/mol. The fourth-order valence-corrected chi connectivity index (χ4v) is 4.75. The summed E-state index contributed by atoms with van der Waals surface area (Å²) in [6, 6.07) is 7.89. The fraction of sp³-hybridized carbons (Fsp3) is 0.600. The van der Waals surface area contributed by atoms with E-state index in [0.29, 0.717) is 11.9 Å². The Morgan fingerprint density at radius 2 is 2.14 bits per heavy atom. The molecule has 1 heterocycles. The van der Waals surface area contributed by atoms with E-state index in [4.69, 9.17) is 10.6 Å². The summed E-state index contributed by atoms with van der Waals surface area (Å²) < 4.78 is 28.9. The molecule has 2 fully saturated rings. The van der Waals surface area contributed by atoms with E-state index < -0.39 is 9.84 Å². The second-order valence-corrected chi connectivity index (χ2v) is 8.34. The van der Waals surface area contributed by atoms with Crippen molar-refractivity contribution in [2.75, 3.05) is 11.5 Å².